The number of hydrogen-bond donors (Lipinski definition) is 1. The van der Waals surface area contributed by atoms with Crippen LogP contribution in [0.3, 0.4) is 0 Å². The fourth-order valence-corrected chi connectivity index (χ4v) is 3.28. The first-order valence-electron chi connectivity index (χ1n) is 7.97. The number of carbonyl (C=O) groups is 1. The predicted octanol–water partition coefficient (Wildman–Crippen LogP) is 3.59. The SMILES string of the molecule is Cc1cc(C(=O)N2CCCC(C(C)N)C2)c2ccccc2n1.Cl.Cl. The highest BCUT2D eigenvalue weighted by Gasteiger charge is 2.27. The molecule has 4 nitrogen and oxygen atoms in total. The quantitative estimate of drug-likeness (QED) is 0.879. The topological polar surface area (TPSA) is 59.2 Å². The number of carbonyl (C=O) groups excluding carboxylic acids is 1. The van der Waals surface area contributed by atoms with E-state index >= 15 is 0 Å². The summed E-state index contributed by atoms with van der Waals surface area (Å²) in [6.45, 7) is 5.54. The summed E-state index contributed by atoms with van der Waals surface area (Å²) in [6.07, 6.45) is 2.14. The highest BCUT2D eigenvalue weighted by Crippen LogP contribution is 2.24. The van der Waals surface area contributed by atoms with Crippen LogP contribution in [-0.2, 0) is 0 Å². The van der Waals surface area contributed by atoms with Gasteiger partial charge in [-0.05, 0) is 44.7 Å². The van der Waals surface area contributed by atoms with Crippen LogP contribution in [0.25, 0.3) is 10.9 Å². The zero-order valence-electron chi connectivity index (χ0n) is 14.1. The molecule has 0 bridgehead atoms. The number of amides is 1. The molecule has 0 radical (unpaired) electrons. The minimum Gasteiger partial charge on any atom is -0.338 e. The monoisotopic (exact) mass is 369 g/mol. The number of para-hydroxylation sites is 1. The molecule has 0 aliphatic carbocycles. The number of fused-ring (bicyclic) bond motifs is 1. The molecular weight excluding hydrogens is 345 g/mol. The van der Waals surface area contributed by atoms with Crippen LogP contribution in [0.5, 0.6) is 0 Å². The third-order valence-electron chi connectivity index (χ3n) is 4.56. The van der Waals surface area contributed by atoms with E-state index in [4.69, 9.17) is 5.73 Å². The molecular formula is C18H25Cl2N3O. The Morgan fingerprint density at radius 3 is 2.75 bits per heavy atom. The minimum atomic E-state index is 0. The Balaban J connectivity index is 0.00000144. The molecule has 2 heterocycles. The lowest BCUT2D eigenvalue weighted by molar-refractivity contribution is 0.0663. The number of rotatable bonds is 2. The maximum atomic E-state index is 13.0. The van der Waals surface area contributed by atoms with E-state index in [2.05, 4.69) is 4.98 Å². The van der Waals surface area contributed by atoms with E-state index in [-0.39, 0.29) is 36.8 Å². The van der Waals surface area contributed by atoms with Crippen molar-refractivity contribution in [2.75, 3.05) is 13.1 Å². The van der Waals surface area contributed by atoms with Gasteiger partial charge in [0, 0.05) is 30.2 Å². The van der Waals surface area contributed by atoms with E-state index < -0.39 is 0 Å². The number of halogens is 2. The molecule has 1 aromatic heterocycles. The molecule has 1 fully saturated rings. The van der Waals surface area contributed by atoms with Gasteiger partial charge in [0.2, 0.25) is 0 Å². The van der Waals surface area contributed by atoms with E-state index in [1.807, 2.05) is 49.1 Å². The van der Waals surface area contributed by atoms with Gasteiger partial charge in [0.1, 0.15) is 0 Å². The molecule has 6 heteroatoms. The average Bonchev–Trinajstić information content (AvgIpc) is 2.53. The normalized spacial score (nSPS) is 18.5. The van der Waals surface area contributed by atoms with Crippen LogP contribution in [0.15, 0.2) is 30.3 Å². The lowest BCUT2D eigenvalue weighted by Crippen LogP contribution is -2.45. The summed E-state index contributed by atoms with van der Waals surface area (Å²) in [4.78, 5) is 19.5. The number of benzene rings is 1. The van der Waals surface area contributed by atoms with Gasteiger partial charge in [-0.25, -0.2) is 0 Å². The maximum absolute atomic E-state index is 13.0. The van der Waals surface area contributed by atoms with E-state index in [0.717, 1.165) is 48.1 Å². The lowest BCUT2D eigenvalue weighted by Gasteiger charge is -2.34. The fraction of sp³-hybridized carbons (Fsp3) is 0.444. The molecule has 2 aromatic rings. The molecule has 2 N–H and O–H groups in total. The Kier molecular flexibility index (Phi) is 7.46. The summed E-state index contributed by atoms with van der Waals surface area (Å²) < 4.78 is 0. The molecule has 1 saturated heterocycles. The van der Waals surface area contributed by atoms with Gasteiger partial charge in [-0.15, -0.1) is 24.8 Å². The first kappa shape index (κ1) is 20.7. The zero-order chi connectivity index (χ0) is 15.7. The van der Waals surface area contributed by atoms with Crippen molar-refractivity contribution < 1.29 is 4.79 Å². The predicted molar refractivity (Wildman–Crippen MR) is 103 cm³/mol. The molecule has 132 valence electrons. The summed E-state index contributed by atoms with van der Waals surface area (Å²) in [5, 5.41) is 0.932. The van der Waals surface area contributed by atoms with Crippen LogP contribution >= 0.6 is 24.8 Å². The number of nitrogens with two attached hydrogens (primary N) is 1. The number of pyridine rings is 1. The van der Waals surface area contributed by atoms with Gasteiger partial charge >= 0.3 is 0 Å². The molecule has 1 aromatic carbocycles. The Morgan fingerprint density at radius 2 is 2.04 bits per heavy atom. The number of hydrogen-bond acceptors (Lipinski definition) is 3. The van der Waals surface area contributed by atoms with Crippen LogP contribution in [0, 0.1) is 12.8 Å². The second kappa shape index (κ2) is 8.65. The van der Waals surface area contributed by atoms with Crippen molar-refractivity contribution in [2.45, 2.75) is 32.7 Å². The van der Waals surface area contributed by atoms with Gasteiger partial charge in [-0.3, -0.25) is 9.78 Å². The highest BCUT2D eigenvalue weighted by atomic mass is 35.5. The van der Waals surface area contributed by atoms with Crippen LogP contribution < -0.4 is 5.73 Å². The van der Waals surface area contributed by atoms with Crippen LogP contribution in [-0.4, -0.2) is 34.9 Å². The summed E-state index contributed by atoms with van der Waals surface area (Å²) >= 11 is 0. The third kappa shape index (κ3) is 4.18. The van der Waals surface area contributed by atoms with Crippen molar-refractivity contribution >= 4 is 41.6 Å². The molecule has 1 aliphatic heterocycles. The Labute approximate surface area is 155 Å². The summed E-state index contributed by atoms with van der Waals surface area (Å²) in [5.41, 5.74) is 8.55. The van der Waals surface area contributed by atoms with Gasteiger partial charge < -0.3 is 10.6 Å². The molecule has 0 spiro atoms. The van der Waals surface area contributed by atoms with Crippen molar-refractivity contribution in [1.29, 1.82) is 0 Å². The van der Waals surface area contributed by atoms with Crippen molar-refractivity contribution in [3.63, 3.8) is 0 Å². The Bertz CT molecular complexity index is 706. The summed E-state index contributed by atoms with van der Waals surface area (Å²) in [6, 6.07) is 9.88. The fourth-order valence-electron chi connectivity index (χ4n) is 3.28. The largest absolute Gasteiger partial charge is 0.338 e. The number of piperidine rings is 1. The van der Waals surface area contributed by atoms with Crippen LogP contribution in [0.2, 0.25) is 0 Å². The smallest absolute Gasteiger partial charge is 0.254 e. The first-order chi connectivity index (χ1) is 10.6. The molecule has 1 amide bonds. The van der Waals surface area contributed by atoms with Crippen LogP contribution in [0.1, 0.15) is 35.8 Å². The van der Waals surface area contributed by atoms with Crippen molar-refractivity contribution in [1.82, 2.24) is 9.88 Å². The Morgan fingerprint density at radius 1 is 1.33 bits per heavy atom. The van der Waals surface area contributed by atoms with Crippen molar-refractivity contribution in [2.24, 2.45) is 11.7 Å². The zero-order valence-corrected chi connectivity index (χ0v) is 15.7. The summed E-state index contributed by atoms with van der Waals surface area (Å²) in [7, 11) is 0. The Hall–Kier alpha value is -1.36. The molecule has 2 atom stereocenters. The van der Waals surface area contributed by atoms with Crippen molar-refractivity contribution in [3.8, 4) is 0 Å². The van der Waals surface area contributed by atoms with Crippen LogP contribution in [0.4, 0.5) is 0 Å². The lowest BCUT2D eigenvalue weighted by atomic mass is 9.91. The third-order valence-corrected chi connectivity index (χ3v) is 4.56. The van der Waals surface area contributed by atoms with Gasteiger partial charge in [0.25, 0.3) is 5.91 Å². The number of nitrogens with zero attached hydrogens (tertiary/aromatic N) is 2. The number of aryl methyl sites for hydroxylation is 1. The second-order valence-electron chi connectivity index (χ2n) is 6.34. The van der Waals surface area contributed by atoms with E-state index in [1.54, 1.807) is 0 Å². The van der Waals surface area contributed by atoms with Gasteiger partial charge in [0.05, 0.1) is 11.1 Å². The standard InChI is InChI=1S/C18H23N3O.2ClH/c1-12-10-16(15-7-3-4-8-17(15)20-12)18(22)21-9-5-6-14(11-21)13(2)19;;/h3-4,7-8,10,13-14H,5-6,9,11,19H2,1-2H3;2*1H. The van der Waals surface area contributed by atoms with Gasteiger partial charge in [0.15, 0.2) is 0 Å². The summed E-state index contributed by atoms with van der Waals surface area (Å²) in [5.74, 6) is 0.499. The van der Waals surface area contributed by atoms with E-state index in [1.165, 1.54) is 0 Å². The molecule has 0 saturated carbocycles. The number of aromatic nitrogens is 1. The molecule has 1 aliphatic rings. The van der Waals surface area contributed by atoms with E-state index in [9.17, 15) is 4.79 Å². The van der Waals surface area contributed by atoms with Crippen molar-refractivity contribution in [3.05, 3.63) is 41.6 Å². The average molecular weight is 370 g/mol. The number of likely N-dealkylation sites (tertiary alicyclic amines) is 1. The first-order valence-corrected chi connectivity index (χ1v) is 7.97. The molecule has 3 rings (SSSR count). The maximum Gasteiger partial charge on any atom is 0.254 e. The van der Waals surface area contributed by atoms with Gasteiger partial charge in [-0.2, -0.15) is 0 Å². The van der Waals surface area contributed by atoms with E-state index in [0.29, 0.717) is 5.92 Å². The second-order valence-corrected chi connectivity index (χ2v) is 6.34. The molecule has 2 unspecified atom stereocenters. The highest BCUT2D eigenvalue weighted by molar-refractivity contribution is 6.06. The van der Waals surface area contributed by atoms with Gasteiger partial charge in [-0.1, -0.05) is 18.2 Å². The molecule has 24 heavy (non-hydrogen) atoms. The minimum absolute atomic E-state index is 0.